The van der Waals surface area contributed by atoms with Crippen molar-refractivity contribution in [2.75, 3.05) is 49.5 Å². The van der Waals surface area contributed by atoms with E-state index in [1.165, 1.54) is 11.3 Å². The molecule has 210 valence electrons. The largest absolute Gasteiger partial charge is 0.492 e. The van der Waals surface area contributed by atoms with Gasteiger partial charge in [-0.1, -0.05) is 57.0 Å². The van der Waals surface area contributed by atoms with Gasteiger partial charge < -0.3 is 19.9 Å². The molecule has 5 rings (SSSR count). The van der Waals surface area contributed by atoms with Gasteiger partial charge in [0.25, 0.3) is 0 Å². The number of aromatic nitrogens is 2. The average molecular weight is 540 g/mol. The third-order valence-electron chi connectivity index (χ3n) is 7.66. The maximum absolute atomic E-state index is 12.0. The number of hydrogen-bond acceptors (Lipinski definition) is 5. The zero-order chi connectivity index (χ0) is 27.7. The van der Waals surface area contributed by atoms with Crippen LogP contribution in [0.25, 0.3) is 22.4 Å². The molecule has 3 aromatic carbocycles. The Balaban J connectivity index is 1.09. The second kappa shape index (κ2) is 13.5. The Morgan fingerprint density at radius 3 is 2.45 bits per heavy atom. The second-order valence-electron chi connectivity index (χ2n) is 10.5. The monoisotopic (exact) mass is 539 g/mol. The molecule has 2 N–H and O–H groups in total. The fourth-order valence-electron chi connectivity index (χ4n) is 5.21. The van der Waals surface area contributed by atoms with Crippen LogP contribution in [0.4, 0.5) is 11.4 Å². The summed E-state index contributed by atoms with van der Waals surface area (Å²) in [5.74, 6) is 1.82. The number of fused-ring (bicyclic) bond motifs is 1. The molecule has 0 radical (unpaired) electrons. The molecule has 40 heavy (non-hydrogen) atoms. The van der Waals surface area contributed by atoms with Gasteiger partial charge in [-0.25, -0.2) is 4.98 Å². The predicted molar refractivity (Wildman–Crippen MR) is 164 cm³/mol. The first-order valence-electron chi connectivity index (χ1n) is 14.7. The van der Waals surface area contributed by atoms with Crippen LogP contribution in [0.15, 0.2) is 66.7 Å². The van der Waals surface area contributed by atoms with E-state index in [1.54, 1.807) is 0 Å². The van der Waals surface area contributed by atoms with Crippen LogP contribution in [0.1, 0.15) is 45.1 Å². The van der Waals surface area contributed by atoms with E-state index < -0.39 is 0 Å². The number of aryl methyl sites for hydroxylation is 1. The molecule has 0 unspecified atom stereocenters. The summed E-state index contributed by atoms with van der Waals surface area (Å²) in [6, 6.07) is 22.7. The Bertz CT molecular complexity index is 1370. The van der Waals surface area contributed by atoms with Crippen molar-refractivity contribution in [3.63, 3.8) is 0 Å². The lowest BCUT2D eigenvalue weighted by Gasteiger charge is -2.36. The first kappa shape index (κ1) is 27.7. The van der Waals surface area contributed by atoms with Crippen LogP contribution in [0.5, 0.6) is 5.75 Å². The second-order valence-corrected chi connectivity index (χ2v) is 10.5. The highest BCUT2D eigenvalue weighted by Crippen LogP contribution is 2.29. The molecule has 7 nitrogen and oxygen atoms in total. The summed E-state index contributed by atoms with van der Waals surface area (Å²) in [6.45, 7) is 9.72. The number of carbonyl (C=O) groups is 1. The number of nitrogens with one attached hydrogen (secondary N) is 2. The molecule has 7 heteroatoms. The van der Waals surface area contributed by atoms with Gasteiger partial charge in [0.05, 0.1) is 11.2 Å². The Hall–Kier alpha value is -3.84. The van der Waals surface area contributed by atoms with E-state index in [1.807, 2.05) is 24.3 Å². The molecule has 1 amide bonds. The molecule has 0 bridgehead atoms. The van der Waals surface area contributed by atoms with Crippen molar-refractivity contribution in [1.29, 1.82) is 0 Å². The van der Waals surface area contributed by atoms with Crippen LogP contribution in [0.2, 0.25) is 0 Å². The van der Waals surface area contributed by atoms with E-state index in [0.29, 0.717) is 13.0 Å². The standard InChI is InChI=1S/C33H41N5O2/c1-3-5-6-10-31(39)34-27-15-17-28(18-16-27)40-24-23-37-19-21-38(22-20-37)30-9-7-8-29-32(30)36-33(35-29)26-13-11-25(4-2)12-14-26/h7-9,11-18H,3-6,10,19-24H2,1-2H3,(H,34,39)(H,35,36). The summed E-state index contributed by atoms with van der Waals surface area (Å²) < 4.78 is 5.99. The summed E-state index contributed by atoms with van der Waals surface area (Å²) in [5.41, 5.74) is 6.57. The Morgan fingerprint density at radius 2 is 1.73 bits per heavy atom. The van der Waals surface area contributed by atoms with E-state index >= 15 is 0 Å². The summed E-state index contributed by atoms with van der Waals surface area (Å²) >= 11 is 0. The smallest absolute Gasteiger partial charge is 0.224 e. The number of unbranched alkanes of at least 4 members (excludes halogenated alkanes) is 2. The maximum atomic E-state index is 12.0. The first-order chi connectivity index (χ1) is 19.6. The lowest BCUT2D eigenvalue weighted by molar-refractivity contribution is -0.116. The Kier molecular flexibility index (Phi) is 9.34. The number of amides is 1. The lowest BCUT2D eigenvalue weighted by atomic mass is 10.1. The Morgan fingerprint density at radius 1 is 0.950 bits per heavy atom. The Labute approximate surface area is 237 Å². The molecule has 1 aliphatic heterocycles. The molecule has 0 spiro atoms. The van der Waals surface area contributed by atoms with Crippen molar-refractivity contribution < 1.29 is 9.53 Å². The summed E-state index contributed by atoms with van der Waals surface area (Å²) in [4.78, 5) is 25.4. The fourth-order valence-corrected chi connectivity index (χ4v) is 5.21. The highest BCUT2D eigenvalue weighted by atomic mass is 16.5. The first-order valence-corrected chi connectivity index (χ1v) is 14.7. The zero-order valence-corrected chi connectivity index (χ0v) is 23.8. The predicted octanol–water partition coefficient (Wildman–Crippen LogP) is 6.51. The molecule has 4 aromatic rings. The van der Waals surface area contributed by atoms with E-state index in [0.717, 1.165) is 92.3 Å². The highest BCUT2D eigenvalue weighted by Gasteiger charge is 2.20. The lowest BCUT2D eigenvalue weighted by Crippen LogP contribution is -2.47. The van der Waals surface area contributed by atoms with Gasteiger partial charge in [0.1, 0.15) is 23.7 Å². The molecule has 0 saturated carbocycles. The van der Waals surface area contributed by atoms with Crippen molar-refractivity contribution in [1.82, 2.24) is 14.9 Å². The number of H-pyrrole nitrogens is 1. The number of piperazine rings is 1. The van der Waals surface area contributed by atoms with E-state index in [4.69, 9.17) is 9.72 Å². The maximum Gasteiger partial charge on any atom is 0.224 e. The fraction of sp³-hybridized carbons (Fsp3) is 0.394. The minimum absolute atomic E-state index is 0.0759. The number of anilines is 2. The van der Waals surface area contributed by atoms with Gasteiger partial charge in [0, 0.05) is 50.4 Å². The van der Waals surface area contributed by atoms with Crippen LogP contribution in [-0.4, -0.2) is 60.1 Å². The topological polar surface area (TPSA) is 73.5 Å². The number of para-hydroxylation sites is 1. The summed E-state index contributed by atoms with van der Waals surface area (Å²) in [7, 11) is 0. The molecule has 2 heterocycles. The SMILES string of the molecule is CCCCCC(=O)Nc1ccc(OCCN2CCN(c3cccc4[nH]c(-c5ccc(CC)cc5)nc34)CC2)cc1. The van der Waals surface area contributed by atoms with Gasteiger partial charge in [-0.2, -0.15) is 0 Å². The number of ether oxygens (including phenoxy) is 1. The number of carbonyl (C=O) groups excluding carboxylic acids is 1. The van der Waals surface area contributed by atoms with Crippen LogP contribution in [0, 0.1) is 0 Å². The molecule has 1 aliphatic rings. The minimum atomic E-state index is 0.0759. The van der Waals surface area contributed by atoms with Crippen LogP contribution >= 0.6 is 0 Å². The van der Waals surface area contributed by atoms with E-state index in [2.05, 4.69) is 76.4 Å². The molecule has 1 saturated heterocycles. The molecular weight excluding hydrogens is 498 g/mol. The third-order valence-corrected chi connectivity index (χ3v) is 7.66. The normalized spacial score (nSPS) is 14.0. The molecular formula is C33H41N5O2. The van der Waals surface area contributed by atoms with Crippen LogP contribution in [0.3, 0.4) is 0 Å². The van der Waals surface area contributed by atoms with Gasteiger partial charge in [-0.3, -0.25) is 9.69 Å². The number of rotatable bonds is 12. The minimum Gasteiger partial charge on any atom is -0.492 e. The van der Waals surface area contributed by atoms with E-state index in [9.17, 15) is 4.79 Å². The van der Waals surface area contributed by atoms with Crippen LogP contribution < -0.4 is 15.0 Å². The number of imidazole rings is 1. The summed E-state index contributed by atoms with van der Waals surface area (Å²) in [6.07, 6.45) is 4.75. The molecule has 0 atom stereocenters. The van der Waals surface area contributed by atoms with E-state index in [-0.39, 0.29) is 5.91 Å². The van der Waals surface area contributed by atoms with Gasteiger partial charge in [0.2, 0.25) is 5.91 Å². The molecule has 1 aromatic heterocycles. The number of hydrogen-bond donors (Lipinski definition) is 2. The molecule has 1 fully saturated rings. The quantitative estimate of drug-likeness (QED) is 0.201. The number of aromatic amines is 1. The van der Waals surface area contributed by atoms with Gasteiger partial charge in [0.15, 0.2) is 0 Å². The van der Waals surface area contributed by atoms with Crippen molar-refractivity contribution in [2.24, 2.45) is 0 Å². The van der Waals surface area contributed by atoms with Gasteiger partial charge in [-0.15, -0.1) is 0 Å². The van der Waals surface area contributed by atoms with Crippen molar-refractivity contribution in [3.8, 4) is 17.1 Å². The number of benzene rings is 3. The zero-order valence-electron chi connectivity index (χ0n) is 23.8. The average Bonchev–Trinajstić information content (AvgIpc) is 3.43. The van der Waals surface area contributed by atoms with Crippen molar-refractivity contribution >= 4 is 28.3 Å². The van der Waals surface area contributed by atoms with Gasteiger partial charge >= 0.3 is 0 Å². The number of nitrogens with zero attached hydrogens (tertiary/aromatic N) is 3. The molecule has 0 aliphatic carbocycles. The van der Waals surface area contributed by atoms with Crippen molar-refractivity contribution in [2.45, 2.75) is 46.0 Å². The van der Waals surface area contributed by atoms with Gasteiger partial charge in [-0.05, 0) is 54.8 Å². The van der Waals surface area contributed by atoms with Crippen LogP contribution in [-0.2, 0) is 11.2 Å². The third kappa shape index (κ3) is 7.02. The van der Waals surface area contributed by atoms with Crippen molar-refractivity contribution in [3.05, 3.63) is 72.3 Å². The summed E-state index contributed by atoms with van der Waals surface area (Å²) in [5, 5.41) is 2.96. The highest BCUT2D eigenvalue weighted by molar-refractivity contribution is 5.91.